The average molecular weight is 313 g/mol. The van der Waals surface area contributed by atoms with Gasteiger partial charge < -0.3 is 14.8 Å². The lowest BCUT2D eigenvalue weighted by molar-refractivity contribution is -0.129. The van der Waals surface area contributed by atoms with Gasteiger partial charge in [-0.2, -0.15) is 0 Å². The molecule has 0 saturated carbocycles. The molecule has 0 radical (unpaired) electrons. The van der Waals surface area contributed by atoms with E-state index in [1.807, 2.05) is 30.3 Å². The zero-order valence-corrected chi connectivity index (χ0v) is 13.1. The number of carbonyl (C=O) groups excluding carboxylic acids is 2. The van der Waals surface area contributed by atoms with Crippen LogP contribution in [0.4, 0.5) is 0 Å². The van der Waals surface area contributed by atoms with Gasteiger partial charge in [-0.05, 0) is 36.8 Å². The molecule has 2 aromatic rings. The lowest BCUT2D eigenvalue weighted by atomic mass is 10.2. The Morgan fingerprint density at radius 1 is 1.04 bits per heavy atom. The average Bonchev–Trinajstić information content (AvgIpc) is 2.60. The van der Waals surface area contributed by atoms with E-state index in [0.29, 0.717) is 17.9 Å². The van der Waals surface area contributed by atoms with Crippen LogP contribution in [0.15, 0.2) is 54.6 Å². The summed E-state index contributed by atoms with van der Waals surface area (Å²) in [6.45, 7) is 1.94. The van der Waals surface area contributed by atoms with Crippen LogP contribution in [-0.4, -0.2) is 25.1 Å². The molecule has 0 fully saturated rings. The molecule has 5 nitrogen and oxygen atoms in total. The second-order valence-corrected chi connectivity index (χ2v) is 4.98. The maximum atomic E-state index is 12.0. The van der Waals surface area contributed by atoms with Gasteiger partial charge in [-0.1, -0.05) is 30.3 Å². The van der Waals surface area contributed by atoms with Crippen molar-refractivity contribution in [2.24, 2.45) is 0 Å². The second kappa shape index (κ2) is 7.98. The van der Waals surface area contributed by atoms with Crippen molar-refractivity contribution in [2.75, 3.05) is 7.11 Å². The summed E-state index contributed by atoms with van der Waals surface area (Å²) in [7, 11) is 1.55. The molecule has 0 aliphatic rings. The topological polar surface area (TPSA) is 64.6 Å². The first-order valence-corrected chi connectivity index (χ1v) is 7.27. The van der Waals surface area contributed by atoms with E-state index in [9.17, 15) is 9.59 Å². The zero-order chi connectivity index (χ0) is 16.7. The third-order valence-corrected chi connectivity index (χ3v) is 3.29. The number of hydrogen-bond acceptors (Lipinski definition) is 4. The normalized spacial score (nSPS) is 11.4. The minimum atomic E-state index is -0.867. The summed E-state index contributed by atoms with van der Waals surface area (Å²) in [5.41, 5.74) is 1.35. The highest BCUT2D eigenvalue weighted by Gasteiger charge is 2.18. The van der Waals surface area contributed by atoms with Gasteiger partial charge >= 0.3 is 5.97 Å². The number of rotatable bonds is 6. The molecule has 0 aromatic heterocycles. The highest BCUT2D eigenvalue weighted by atomic mass is 16.5. The van der Waals surface area contributed by atoms with Crippen molar-refractivity contribution in [3.8, 4) is 5.75 Å². The zero-order valence-electron chi connectivity index (χ0n) is 13.1. The Morgan fingerprint density at radius 3 is 2.30 bits per heavy atom. The predicted molar refractivity (Wildman–Crippen MR) is 86.2 cm³/mol. The van der Waals surface area contributed by atoms with Gasteiger partial charge in [-0.25, -0.2) is 4.79 Å². The number of benzene rings is 2. The van der Waals surface area contributed by atoms with Crippen molar-refractivity contribution in [3.05, 3.63) is 65.7 Å². The van der Waals surface area contributed by atoms with E-state index >= 15 is 0 Å². The van der Waals surface area contributed by atoms with Crippen LogP contribution >= 0.6 is 0 Å². The van der Waals surface area contributed by atoms with Crippen molar-refractivity contribution in [3.63, 3.8) is 0 Å². The highest BCUT2D eigenvalue weighted by Crippen LogP contribution is 2.12. The summed E-state index contributed by atoms with van der Waals surface area (Å²) in [5, 5.41) is 2.74. The summed E-state index contributed by atoms with van der Waals surface area (Å²) in [6, 6.07) is 16.0. The van der Waals surface area contributed by atoms with Crippen LogP contribution in [0.25, 0.3) is 0 Å². The molecule has 0 unspecified atom stereocenters. The molecule has 0 saturated heterocycles. The molecule has 0 aliphatic carbocycles. The Hall–Kier alpha value is -2.82. The van der Waals surface area contributed by atoms with E-state index in [-0.39, 0.29) is 5.91 Å². The number of amides is 1. The number of carbonyl (C=O) groups is 2. The minimum absolute atomic E-state index is 0.337. The Labute approximate surface area is 135 Å². The molecule has 1 amide bonds. The van der Waals surface area contributed by atoms with E-state index in [2.05, 4.69) is 5.32 Å². The van der Waals surface area contributed by atoms with Gasteiger partial charge in [0.15, 0.2) is 6.10 Å². The van der Waals surface area contributed by atoms with E-state index in [1.165, 1.54) is 0 Å². The molecular formula is C18H19NO4. The molecule has 0 heterocycles. The van der Waals surface area contributed by atoms with Gasteiger partial charge in [0.05, 0.1) is 12.7 Å². The van der Waals surface area contributed by atoms with Crippen molar-refractivity contribution < 1.29 is 19.1 Å². The van der Waals surface area contributed by atoms with Crippen LogP contribution in [0, 0.1) is 0 Å². The van der Waals surface area contributed by atoms with Gasteiger partial charge in [0.25, 0.3) is 5.91 Å². The molecule has 0 spiro atoms. The molecule has 2 rings (SSSR count). The van der Waals surface area contributed by atoms with E-state index < -0.39 is 12.1 Å². The molecule has 2 aromatic carbocycles. The maximum Gasteiger partial charge on any atom is 0.338 e. The predicted octanol–water partition coefficient (Wildman–Crippen LogP) is 2.56. The lowest BCUT2D eigenvalue weighted by Crippen LogP contribution is -2.35. The van der Waals surface area contributed by atoms with E-state index in [0.717, 1.165) is 5.56 Å². The number of esters is 1. The third kappa shape index (κ3) is 4.85. The van der Waals surface area contributed by atoms with Crippen LogP contribution in [0.1, 0.15) is 22.8 Å². The Bertz CT molecular complexity index is 652. The van der Waals surface area contributed by atoms with Crippen molar-refractivity contribution in [1.29, 1.82) is 0 Å². The fraction of sp³-hybridized carbons (Fsp3) is 0.222. The van der Waals surface area contributed by atoms with Crippen LogP contribution < -0.4 is 10.1 Å². The third-order valence-electron chi connectivity index (χ3n) is 3.29. The first-order chi connectivity index (χ1) is 11.1. The van der Waals surface area contributed by atoms with E-state index in [1.54, 1.807) is 38.3 Å². The molecule has 120 valence electrons. The second-order valence-electron chi connectivity index (χ2n) is 4.98. The summed E-state index contributed by atoms with van der Waals surface area (Å²) in [4.78, 5) is 24.0. The van der Waals surface area contributed by atoms with Gasteiger partial charge in [0.1, 0.15) is 5.75 Å². The Kier molecular flexibility index (Phi) is 5.74. The monoisotopic (exact) mass is 313 g/mol. The molecule has 1 atom stereocenters. The Morgan fingerprint density at radius 2 is 1.70 bits per heavy atom. The summed E-state index contributed by atoms with van der Waals surface area (Å²) < 4.78 is 10.2. The molecule has 5 heteroatoms. The minimum Gasteiger partial charge on any atom is -0.497 e. The quantitative estimate of drug-likeness (QED) is 0.833. The summed E-state index contributed by atoms with van der Waals surface area (Å²) in [5.74, 6) is -0.235. The van der Waals surface area contributed by atoms with E-state index in [4.69, 9.17) is 9.47 Å². The molecular weight excluding hydrogens is 294 g/mol. The maximum absolute atomic E-state index is 12.0. The van der Waals surface area contributed by atoms with Gasteiger partial charge in [0.2, 0.25) is 0 Å². The van der Waals surface area contributed by atoms with Gasteiger partial charge in [0, 0.05) is 6.54 Å². The van der Waals surface area contributed by atoms with Crippen molar-refractivity contribution in [1.82, 2.24) is 5.32 Å². The SMILES string of the molecule is COc1ccc(C(=O)O[C@@H](C)C(=O)NCc2ccccc2)cc1. The van der Waals surface area contributed by atoms with Gasteiger partial charge in [-0.3, -0.25) is 4.79 Å². The largest absolute Gasteiger partial charge is 0.497 e. The number of hydrogen-bond donors (Lipinski definition) is 1. The van der Waals surface area contributed by atoms with Crippen molar-refractivity contribution >= 4 is 11.9 Å². The highest BCUT2D eigenvalue weighted by molar-refractivity contribution is 5.92. The van der Waals surface area contributed by atoms with Crippen LogP contribution in [0.2, 0.25) is 0 Å². The number of nitrogens with one attached hydrogen (secondary N) is 1. The summed E-state index contributed by atoms with van der Waals surface area (Å²) >= 11 is 0. The fourth-order valence-electron chi connectivity index (χ4n) is 1.94. The Balaban J connectivity index is 1.85. The first kappa shape index (κ1) is 16.5. The molecule has 23 heavy (non-hydrogen) atoms. The standard InChI is InChI=1S/C18H19NO4/c1-13(17(20)19-12-14-6-4-3-5-7-14)23-18(21)15-8-10-16(22-2)11-9-15/h3-11,13H,12H2,1-2H3,(H,19,20)/t13-/m0/s1. The van der Waals surface area contributed by atoms with Gasteiger partial charge in [-0.15, -0.1) is 0 Å². The van der Waals surface area contributed by atoms with Crippen LogP contribution in [-0.2, 0) is 16.1 Å². The summed E-state index contributed by atoms with van der Waals surface area (Å²) in [6.07, 6.45) is -0.867. The van der Waals surface area contributed by atoms with Crippen molar-refractivity contribution in [2.45, 2.75) is 19.6 Å². The first-order valence-electron chi connectivity index (χ1n) is 7.27. The molecule has 0 bridgehead atoms. The number of methoxy groups -OCH3 is 1. The smallest absolute Gasteiger partial charge is 0.338 e. The molecule has 1 N–H and O–H groups in total. The fourth-order valence-corrected chi connectivity index (χ4v) is 1.94. The number of ether oxygens (including phenoxy) is 2. The molecule has 0 aliphatic heterocycles. The lowest BCUT2D eigenvalue weighted by Gasteiger charge is -2.13. The van der Waals surface area contributed by atoms with Crippen LogP contribution in [0.5, 0.6) is 5.75 Å². The van der Waals surface area contributed by atoms with Crippen LogP contribution in [0.3, 0.4) is 0 Å².